The molecule has 180 valence electrons. The SMILES string of the molecule is Cc1cc(OCCCC2CCN(c3ccc(Cl)cn3)CC2)cc(C)c1C(=O)NC[C@@H](O)CO. The molecule has 0 saturated carbocycles. The molecule has 3 N–H and O–H groups in total. The Balaban J connectivity index is 1.41. The van der Waals surface area contributed by atoms with Gasteiger partial charge in [-0.1, -0.05) is 11.6 Å². The van der Waals surface area contributed by atoms with E-state index >= 15 is 0 Å². The maximum atomic E-state index is 12.4. The van der Waals surface area contributed by atoms with Gasteiger partial charge in [0.1, 0.15) is 11.6 Å². The number of aliphatic hydroxyl groups excluding tert-OH is 2. The summed E-state index contributed by atoms with van der Waals surface area (Å²) >= 11 is 5.93. The molecule has 0 spiro atoms. The summed E-state index contributed by atoms with van der Waals surface area (Å²) in [5.74, 6) is 2.19. The largest absolute Gasteiger partial charge is 0.494 e. The van der Waals surface area contributed by atoms with Crippen molar-refractivity contribution in [2.75, 3.05) is 37.7 Å². The maximum Gasteiger partial charge on any atom is 0.251 e. The Kier molecular flexibility index (Phi) is 9.35. The van der Waals surface area contributed by atoms with Crippen molar-refractivity contribution in [2.45, 2.75) is 45.6 Å². The van der Waals surface area contributed by atoms with E-state index < -0.39 is 6.10 Å². The third-order valence-corrected chi connectivity index (χ3v) is 6.34. The fourth-order valence-electron chi connectivity index (χ4n) is 4.30. The standard InChI is InChI=1S/C25H34ClN3O4/c1-17-12-22(13-18(2)24(17)25(32)28-15-21(31)16-30)33-11-3-4-19-7-9-29(10-8-19)23-6-5-20(26)14-27-23/h5-6,12-14,19,21,30-31H,3-4,7-11,15-16H2,1-2H3,(H,28,32)/t21-/m1/s1. The third-order valence-electron chi connectivity index (χ3n) is 6.12. The van der Waals surface area contributed by atoms with Gasteiger partial charge in [-0.05, 0) is 80.8 Å². The number of aliphatic hydroxyl groups is 2. The molecule has 1 aromatic carbocycles. The smallest absolute Gasteiger partial charge is 0.251 e. The van der Waals surface area contributed by atoms with Gasteiger partial charge >= 0.3 is 0 Å². The molecule has 1 aliphatic rings. The van der Waals surface area contributed by atoms with Crippen LogP contribution < -0.4 is 15.0 Å². The number of benzene rings is 1. The summed E-state index contributed by atoms with van der Waals surface area (Å²) in [6.45, 7) is 6.05. The number of ether oxygens (including phenoxy) is 1. The average molecular weight is 476 g/mol. The quantitative estimate of drug-likeness (QED) is 0.455. The van der Waals surface area contributed by atoms with Crippen LogP contribution in [0.15, 0.2) is 30.5 Å². The van der Waals surface area contributed by atoms with Crippen LogP contribution in [-0.2, 0) is 0 Å². The molecule has 1 saturated heterocycles. The maximum absolute atomic E-state index is 12.4. The zero-order valence-corrected chi connectivity index (χ0v) is 20.1. The molecule has 0 unspecified atom stereocenters. The Hall–Kier alpha value is -2.35. The molecule has 1 aliphatic heterocycles. The molecule has 0 radical (unpaired) electrons. The van der Waals surface area contributed by atoms with Crippen molar-refractivity contribution in [3.05, 3.63) is 52.2 Å². The van der Waals surface area contributed by atoms with Crippen molar-refractivity contribution >= 4 is 23.3 Å². The zero-order chi connectivity index (χ0) is 23.8. The molecule has 1 fully saturated rings. The highest BCUT2D eigenvalue weighted by Crippen LogP contribution is 2.26. The van der Waals surface area contributed by atoms with E-state index in [1.165, 1.54) is 0 Å². The van der Waals surface area contributed by atoms with E-state index in [4.69, 9.17) is 21.4 Å². The number of rotatable bonds is 10. The van der Waals surface area contributed by atoms with Crippen molar-refractivity contribution in [1.29, 1.82) is 0 Å². The second kappa shape index (κ2) is 12.2. The van der Waals surface area contributed by atoms with E-state index in [0.717, 1.165) is 61.5 Å². The first-order valence-electron chi connectivity index (χ1n) is 11.5. The number of aromatic nitrogens is 1. The van der Waals surface area contributed by atoms with Crippen molar-refractivity contribution in [2.24, 2.45) is 5.92 Å². The summed E-state index contributed by atoms with van der Waals surface area (Å²) in [5.41, 5.74) is 2.22. The number of piperidine rings is 1. The van der Waals surface area contributed by atoms with Gasteiger partial charge in [0.05, 0.1) is 24.3 Å². The molecule has 1 atom stereocenters. The van der Waals surface area contributed by atoms with Gasteiger partial charge in [-0.15, -0.1) is 0 Å². The first-order valence-corrected chi connectivity index (χ1v) is 11.9. The summed E-state index contributed by atoms with van der Waals surface area (Å²) in [6, 6.07) is 7.62. The van der Waals surface area contributed by atoms with Crippen LogP contribution in [0.2, 0.25) is 5.02 Å². The number of halogens is 1. The van der Waals surface area contributed by atoms with Crippen LogP contribution in [0.4, 0.5) is 5.82 Å². The molecular formula is C25H34ClN3O4. The molecule has 2 heterocycles. The van der Waals surface area contributed by atoms with Gasteiger partial charge in [-0.3, -0.25) is 4.79 Å². The number of carbonyl (C=O) groups excluding carboxylic acids is 1. The van der Waals surface area contributed by atoms with E-state index in [0.29, 0.717) is 23.1 Å². The Morgan fingerprint density at radius 3 is 2.58 bits per heavy atom. The van der Waals surface area contributed by atoms with Gasteiger partial charge in [0.25, 0.3) is 5.91 Å². The van der Waals surface area contributed by atoms with Gasteiger partial charge in [0.15, 0.2) is 0 Å². The first-order chi connectivity index (χ1) is 15.9. The van der Waals surface area contributed by atoms with Crippen LogP contribution >= 0.6 is 11.6 Å². The number of aryl methyl sites for hydroxylation is 2. The van der Waals surface area contributed by atoms with Crippen LogP contribution in [0.5, 0.6) is 5.75 Å². The molecular weight excluding hydrogens is 442 g/mol. The minimum absolute atomic E-state index is 0.0155. The van der Waals surface area contributed by atoms with Crippen molar-refractivity contribution in [1.82, 2.24) is 10.3 Å². The highest BCUT2D eigenvalue weighted by Gasteiger charge is 2.20. The number of hydrogen-bond acceptors (Lipinski definition) is 6. The Labute approximate surface area is 200 Å². The number of hydrogen-bond donors (Lipinski definition) is 3. The van der Waals surface area contributed by atoms with E-state index in [2.05, 4.69) is 15.2 Å². The fourth-order valence-corrected chi connectivity index (χ4v) is 4.41. The van der Waals surface area contributed by atoms with Crippen LogP contribution in [0.3, 0.4) is 0 Å². The summed E-state index contributed by atoms with van der Waals surface area (Å²) in [4.78, 5) is 19.2. The van der Waals surface area contributed by atoms with E-state index in [1.807, 2.05) is 38.1 Å². The lowest BCUT2D eigenvalue weighted by Gasteiger charge is -2.32. The highest BCUT2D eigenvalue weighted by molar-refractivity contribution is 6.30. The topological polar surface area (TPSA) is 94.9 Å². The first kappa shape index (κ1) is 25.3. The van der Waals surface area contributed by atoms with Crippen LogP contribution in [0.1, 0.15) is 47.2 Å². The second-order valence-corrected chi connectivity index (χ2v) is 9.17. The van der Waals surface area contributed by atoms with Crippen LogP contribution in [0.25, 0.3) is 0 Å². The number of pyridine rings is 1. The van der Waals surface area contributed by atoms with Gasteiger partial charge in [0.2, 0.25) is 0 Å². The molecule has 3 rings (SSSR count). The monoisotopic (exact) mass is 475 g/mol. The number of carbonyl (C=O) groups is 1. The van der Waals surface area contributed by atoms with E-state index in [-0.39, 0.29) is 19.1 Å². The predicted octanol–water partition coefficient (Wildman–Crippen LogP) is 3.51. The lowest BCUT2D eigenvalue weighted by atomic mass is 9.92. The van der Waals surface area contributed by atoms with Crippen LogP contribution in [-0.4, -0.2) is 60.1 Å². The van der Waals surface area contributed by atoms with Gasteiger partial charge in [0, 0.05) is 31.4 Å². The number of nitrogens with zero attached hydrogens (tertiary/aromatic N) is 2. The number of amides is 1. The normalized spacial score (nSPS) is 15.4. The highest BCUT2D eigenvalue weighted by atomic mass is 35.5. The minimum atomic E-state index is -0.960. The minimum Gasteiger partial charge on any atom is -0.494 e. The summed E-state index contributed by atoms with van der Waals surface area (Å²) in [5, 5.41) is 21.6. The number of anilines is 1. The van der Waals surface area contributed by atoms with E-state index in [1.54, 1.807) is 6.20 Å². The summed E-state index contributed by atoms with van der Waals surface area (Å²) in [6.07, 6.45) is 5.16. The van der Waals surface area contributed by atoms with Crippen molar-refractivity contribution < 1.29 is 19.7 Å². The molecule has 8 heteroatoms. The Morgan fingerprint density at radius 2 is 1.97 bits per heavy atom. The van der Waals surface area contributed by atoms with Gasteiger partial charge in [-0.25, -0.2) is 4.98 Å². The van der Waals surface area contributed by atoms with Crippen molar-refractivity contribution in [3.8, 4) is 5.75 Å². The van der Waals surface area contributed by atoms with Crippen LogP contribution in [0, 0.1) is 19.8 Å². The predicted molar refractivity (Wildman–Crippen MR) is 130 cm³/mol. The summed E-state index contributed by atoms with van der Waals surface area (Å²) in [7, 11) is 0. The lowest BCUT2D eigenvalue weighted by Crippen LogP contribution is -2.34. The van der Waals surface area contributed by atoms with Crippen molar-refractivity contribution in [3.63, 3.8) is 0 Å². The molecule has 0 aliphatic carbocycles. The molecule has 1 aromatic heterocycles. The van der Waals surface area contributed by atoms with Gasteiger partial charge in [-0.2, -0.15) is 0 Å². The second-order valence-electron chi connectivity index (χ2n) is 8.73. The van der Waals surface area contributed by atoms with E-state index in [9.17, 15) is 9.90 Å². The molecule has 0 bridgehead atoms. The fraction of sp³-hybridized carbons (Fsp3) is 0.520. The molecule has 2 aromatic rings. The summed E-state index contributed by atoms with van der Waals surface area (Å²) < 4.78 is 5.97. The molecule has 33 heavy (non-hydrogen) atoms. The zero-order valence-electron chi connectivity index (χ0n) is 19.4. The lowest BCUT2D eigenvalue weighted by molar-refractivity contribution is 0.0801. The molecule has 7 nitrogen and oxygen atoms in total. The third kappa shape index (κ3) is 7.32. The average Bonchev–Trinajstić information content (AvgIpc) is 2.81. The number of nitrogens with one attached hydrogen (secondary N) is 1. The van der Waals surface area contributed by atoms with Gasteiger partial charge < -0.3 is 25.2 Å². The molecule has 1 amide bonds. The Bertz CT molecular complexity index is 891. The Morgan fingerprint density at radius 1 is 1.27 bits per heavy atom.